The molecule has 0 spiro atoms. The maximum Gasteiger partial charge on any atom is 0.271 e. The number of non-ortho nitro benzene ring substituents is 1. The molecule has 3 rings (SSSR count). The van der Waals surface area contributed by atoms with Crippen LogP contribution < -0.4 is 4.90 Å². The van der Waals surface area contributed by atoms with Gasteiger partial charge in [0.25, 0.3) is 5.69 Å². The van der Waals surface area contributed by atoms with Gasteiger partial charge < -0.3 is 9.80 Å². The highest BCUT2D eigenvalue weighted by Crippen LogP contribution is 2.31. The molecule has 1 heterocycles. The SMILES string of the molecule is O=C(CCC1CCCC1)N1CCN(c2ccc([N+](=O)[O-])cc2Cl)CC1. The molecule has 1 aliphatic heterocycles. The van der Waals surface area contributed by atoms with Gasteiger partial charge in [-0.15, -0.1) is 0 Å². The Balaban J connectivity index is 1.51. The zero-order valence-corrected chi connectivity index (χ0v) is 15.1. The molecule has 0 N–H and O–H groups in total. The highest BCUT2D eigenvalue weighted by atomic mass is 35.5. The number of nitrogens with zero attached hydrogens (tertiary/aromatic N) is 3. The molecule has 1 aromatic carbocycles. The van der Waals surface area contributed by atoms with Gasteiger partial charge in [-0.3, -0.25) is 14.9 Å². The van der Waals surface area contributed by atoms with E-state index in [1.807, 2.05) is 4.90 Å². The molecule has 2 fully saturated rings. The van der Waals surface area contributed by atoms with Crippen LogP contribution in [0.4, 0.5) is 11.4 Å². The summed E-state index contributed by atoms with van der Waals surface area (Å²) in [4.78, 5) is 26.8. The molecule has 2 aliphatic rings. The number of carbonyl (C=O) groups is 1. The molecular weight excluding hydrogens is 342 g/mol. The zero-order valence-electron chi connectivity index (χ0n) is 14.3. The number of carbonyl (C=O) groups excluding carboxylic acids is 1. The van der Waals surface area contributed by atoms with Gasteiger partial charge in [0.2, 0.25) is 5.91 Å². The Bertz CT molecular complexity index is 638. The molecule has 1 saturated heterocycles. The quantitative estimate of drug-likeness (QED) is 0.586. The van der Waals surface area contributed by atoms with Gasteiger partial charge >= 0.3 is 0 Å². The number of nitro groups is 1. The molecule has 1 amide bonds. The van der Waals surface area contributed by atoms with Crippen molar-refractivity contribution in [2.75, 3.05) is 31.1 Å². The van der Waals surface area contributed by atoms with Crippen molar-refractivity contribution in [3.63, 3.8) is 0 Å². The lowest BCUT2D eigenvalue weighted by Gasteiger charge is -2.36. The second kappa shape index (κ2) is 8.04. The summed E-state index contributed by atoms with van der Waals surface area (Å²) < 4.78 is 0. The highest BCUT2D eigenvalue weighted by Gasteiger charge is 2.24. The van der Waals surface area contributed by atoms with Crippen molar-refractivity contribution in [3.8, 4) is 0 Å². The molecule has 7 heteroatoms. The zero-order chi connectivity index (χ0) is 17.8. The summed E-state index contributed by atoms with van der Waals surface area (Å²) in [7, 11) is 0. The van der Waals surface area contributed by atoms with Crippen molar-refractivity contribution in [3.05, 3.63) is 33.3 Å². The van der Waals surface area contributed by atoms with Crippen molar-refractivity contribution >= 4 is 28.9 Å². The number of anilines is 1. The van der Waals surface area contributed by atoms with Crippen molar-refractivity contribution in [1.29, 1.82) is 0 Å². The number of benzene rings is 1. The third-order valence-corrected chi connectivity index (χ3v) is 5.66. The maximum atomic E-state index is 12.4. The van der Waals surface area contributed by atoms with E-state index in [9.17, 15) is 14.9 Å². The van der Waals surface area contributed by atoms with Crippen LogP contribution in [0.15, 0.2) is 18.2 Å². The minimum absolute atomic E-state index is 0.00511. The molecule has 25 heavy (non-hydrogen) atoms. The van der Waals surface area contributed by atoms with Gasteiger partial charge in [-0.05, 0) is 18.4 Å². The van der Waals surface area contributed by atoms with E-state index < -0.39 is 4.92 Å². The molecule has 1 saturated carbocycles. The van der Waals surface area contributed by atoms with Crippen LogP contribution >= 0.6 is 11.6 Å². The van der Waals surface area contributed by atoms with E-state index in [1.165, 1.54) is 37.8 Å². The van der Waals surface area contributed by atoms with Crippen LogP contribution in [-0.2, 0) is 4.79 Å². The third kappa shape index (κ3) is 4.42. The molecule has 136 valence electrons. The molecule has 1 aromatic rings. The summed E-state index contributed by atoms with van der Waals surface area (Å²) in [5.41, 5.74) is 0.791. The molecule has 0 radical (unpaired) electrons. The van der Waals surface area contributed by atoms with E-state index in [0.29, 0.717) is 37.6 Å². The Labute approximate surface area is 152 Å². The van der Waals surface area contributed by atoms with Crippen molar-refractivity contribution in [2.45, 2.75) is 38.5 Å². The fourth-order valence-corrected chi connectivity index (χ4v) is 4.14. The minimum atomic E-state index is -0.448. The van der Waals surface area contributed by atoms with Crippen molar-refractivity contribution < 1.29 is 9.72 Å². The second-order valence-corrected chi connectivity index (χ2v) is 7.36. The topological polar surface area (TPSA) is 66.7 Å². The van der Waals surface area contributed by atoms with E-state index in [0.717, 1.165) is 18.0 Å². The fraction of sp³-hybridized carbons (Fsp3) is 0.611. The molecule has 0 bridgehead atoms. The predicted molar refractivity (Wildman–Crippen MR) is 98.1 cm³/mol. The minimum Gasteiger partial charge on any atom is -0.367 e. The first-order chi connectivity index (χ1) is 12.0. The van der Waals surface area contributed by atoms with Crippen LogP contribution in [0.1, 0.15) is 38.5 Å². The van der Waals surface area contributed by atoms with Gasteiger partial charge in [0.1, 0.15) is 0 Å². The molecule has 6 nitrogen and oxygen atoms in total. The summed E-state index contributed by atoms with van der Waals surface area (Å²) >= 11 is 6.20. The van der Waals surface area contributed by atoms with Crippen molar-refractivity contribution in [1.82, 2.24) is 4.90 Å². The number of amides is 1. The summed E-state index contributed by atoms with van der Waals surface area (Å²) in [6, 6.07) is 4.55. The second-order valence-electron chi connectivity index (χ2n) is 6.95. The normalized spacial score (nSPS) is 18.6. The molecular formula is C18H24ClN3O3. The average Bonchev–Trinajstić information content (AvgIpc) is 3.13. The first kappa shape index (κ1) is 18.0. The predicted octanol–water partition coefficient (Wildman–Crippen LogP) is 3.87. The average molecular weight is 366 g/mol. The summed E-state index contributed by atoms with van der Waals surface area (Å²) in [6.45, 7) is 2.76. The van der Waals surface area contributed by atoms with Gasteiger partial charge in [0, 0.05) is 44.7 Å². The van der Waals surface area contributed by atoms with Gasteiger partial charge in [-0.2, -0.15) is 0 Å². The Hall–Kier alpha value is -1.82. The largest absolute Gasteiger partial charge is 0.367 e. The van der Waals surface area contributed by atoms with Crippen LogP contribution in [0.5, 0.6) is 0 Å². The Morgan fingerprint density at radius 1 is 1.20 bits per heavy atom. The summed E-state index contributed by atoms with van der Waals surface area (Å²) in [5, 5.41) is 11.2. The smallest absolute Gasteiger partial charge is 0.271 e. The van der Waals surface area contributed by atoms with E-state index >= 15 is 0 Å². The van der Waals surface area contributed by atoms with Gasteiger partial charge in [-0.1, -0.05) is 37.3 Å². The molecule has 0 aromatic heterocycles. The highest BCUT2D eigenvalue weighted by molar-refractivity contribution is 6.33. The lowest BCUT2D eigenvalue weighted by molar-refractivity contribution is -0.384. The van der Waals surface area contributed by atoms with Crippen LogP contribution in [0.2, 0.25) is 5.02 Å². The lowest BCUT2D eigenvalue weighted by Crippen LogP contribution is -2.48. The van der Waals surface area contributed by atoms with Gasteiger partial charge in [0.15, 0.2) is 0 Å². The summed E-state index contributed by atoms with van der Waals surface area (Å²) in [6.07, 6.45) is 6.86. The fourth-order valence-electron chi connectivity index (χ4n) is 3.85. The van der Waals surface area contributed by atoms with E-state index in [-0.39, 0.29) is 11.6 Å². The number of nitro benzene ring substituents is 1. The maximum absolute atomic E-state index is 12.4. The first-order valence-electron chi connectivity index (χ1n) is 9.01. The Kier molecular flexibility index (Phi) is 5.78. The van der Waals surface area contributed by atoms with Crippen molar-refractivity contribution in [2.24, 2.45) is 5.92 Å². The first-order valence-corrected chi connectivity index (χ1v) is 9.39. The number of piperazine rings is 1. The lowest BCUT2D eigenvalue weighted by atomic mass is 10.0. The van der Waals surface area contributed by atoms with Gasteiger partial charge in [-0.25, -0.2) is 0 Å². The third-order valence-electron chi connectivity index (χ3n) is 5.36. The van der Waals surface area contributed by atoms with E-state index in [4.69, 9.17) is 11.6 Å². The molecule has 0 unspecified atom stereocenters. The van der Waals surface area contributed by atoms with E-state index in [2.05, 4.69) is 4.90 Å². The molecule has 0 atom stereocenters. The van der Waals surface area contributed by atoms with E-state index in [1.54, 1.807) is 6.07 Å². The Morgan fingerprint density at radius 3 is 2.48 bits per heavy atom. The van der Waals surface area contributed by atoms with Crippen LogP contribution in [0.25, 0.3) is 0 Å². The van der Waals surface area contributed by atoms with Crippen LogP contribution in [0, 0.1) is 16.0 Å². The number of rotatable bonds is 5. The van der Waals surface area contributed by atoms with Gasteiger partial charge in [0.05, 0.1) is 15.6 Å². The monoisotopic (exact) mass is 365 g/mol. The van der Waals surface area contributed by atoms with Crippen LogP contribution in [0.3, 0.4) is 0 Å². The number of hydrogen-bond acceptors (Lipinski definition) is 4. The van der Waals surface area contributed by atoms with Crippen LogP contribution in [-0.4, -0.2) is 41.9 Å². The summed E-state index contributed by atoms with van der Waals surface area (Å²) in [5.74, 6) is 0.991. The standard InChI is InChI=1S/C18H24ClN3O3/c19-16-13-15(22(24)25)6-7-17(16)20-9-11-21(12-10-20)18(23)8-5-14-3-1-2-4-14/h6-7,13-14H,1-5,8-12H2. The number of hydrogen-bond donors (Lipinski definition) is 0. The molecule has 1 aliphatic carbocycles. The Morgan fingerprint density at radius 2 is 1.88 bits per heavy atom. The number of halogens is 1.